The molecule has 6 nitrogen and oxygen atoms in total. The minimum Gasteiger partial charge on any atom is -0.375 e. The predicted molar refractivity (Wildman–Crippen MR) is 68.5 cm³/mol. The zero-order valence-corrected chi connectivity index (χ0v) is 11.6. The van der Waals surface area contributed by atoms with Crippen LogP contribution < -0.4 is 0 Å². The first-order chi connectivity index (χ1) is 9.24. The van der Waals surface area contributed by atoms with E-state index in [1.54, 1.807) is 7.11 Å². The lowest BCUT2D eigenvalue weighted by Gasteiger charge is -2.31. The number of rotatable bonds is 5. The second kappa shape index (κ2) is 6.65. The first-order valence-electron chi connectivity index (χ1n) is 6.83. The fourth-order valence-corrected chi connectivity index (χ4v) is 2.40. The van der Waals surface area contributed by atoms with Crippen molar-refractivity contribution in [3.05, 3.63) is 11.7 Å². The lowest BCUT2D eigenvalue weighted by atomic mass is 9.97. The van der Waals surface area contributed by atoms with E-state index in [1.165, 1.54) is 0 Å². The van der Waals surface area contributed by atoms with E-state index in [2.05, 4.69) is 10.1 Å². The highest BCUT2D eigenvalue weighted by molar-refractivity contribution is 5.76. The van der Waals surface area contributed by atoms with Gasteiger partial charge in [-0.3, -0.25) is 4.79 Å². The van der Waals surface area contributed by atoms with E-state index in [-0.39, 0.29) is 11.8 Å². The summed E-state index contributed by atoms with van der Waals surface area (Å²) in [5.74, 6) is 1.60. The lowest BCUT2D eigenvalue weighted by molar-refractivity contribution is -0.132. The largest absolute Gasteiger partial charge is 0.375 e. The highest BCUT2D eigenvalue weighted by atomic mass is 16.5. The fraction of sp³-hybridized carbons (Fsp3) is 0.769. The van der Waals surface area contributed by atoms with E-state index in [0.717, 1.165) is 25.8 Å². The molecule has 0 spiro atoms. The van der Waals surface area contributed by atoms with Gasteiger partial charge in [0, 0.05) is 32.5 Å². The first kappa shape index (κ1) is 14.0. The van der Waals surface area contributed by atoms with Gasteiger partial charge in [0.25, 0.3) is 5.89 Å². The third kappa shape index (κ3) is 3.53. The van der Waals surface area contributed by atoms with Gasteiger partial charge in [-0.1, -0.05) is 12.1 Å². The number of aromatic nitrogens is 2. The Morgan fingerprint density at radius 1 is 1.58 bits per heavy atom. The van der Waals surface area contributed by atoms with Crippen LogP contribution in [-0.2, 0) is 16.1 Å². The highest BCUT2D eigenvalue weighted by Crippen LogP contribution is 2.25. The van der Waals surface area contributed by atoms with Gasteiger partial charge in [0.15, 0.2) is 5.82 Å². The molecule has 0 N–H and O–H groups in total. The average molecular weight is 267 g/mol. The van der Waals surface area contributed by atoms with Crippen LogP contribution in [0.1, 0.15) is 50.2 Å². The molecule has 1 atom stereocenters. The topological polar surface area (TPSA) is 68.5 Å². The molecule has 6 heteroatoms. The van der Waals surface area contributed by atoms with E-state index in [1.807, 2.05) is 11.8 Å². The maximum Gasteiger partial charge on any atom is 0.252 e. The van der Waals surface area contributed by atoms with Gasteiger partial charge in [-0.15, -0.1) is 0 Å². The van der Waals surface area contributed by atoms with Gasteiger partial charge in [-0.05, 0) is 19.3 Å². The monoisotopic (exact) mass is 267 g/mol. The number of nitrogens with zero attached hydrogens (tertiary/aromatic N) is 3. The summed E-state index contributed by atoms with van der Waals surface area (Å²) in [5, 5.41) is 3.99. The minimum atomic E-state index is 0.184. The quantitative estimate of drug-likeness (QED) is 0.812. The summed E-state index contributed by atoms with van der Waals surface area (Å²) in [6.07, 6.45) is 3.50. The number of methoxy groups -OCH3 is 1. The molecular weight excluding hydrogens is 246 g/mol. The van der Waals surface area contributed by atoms with Crippen LogP contribution in [0.4, 0.5) is 0 Å². The van der Waals surface area contributed by atoms with Gasteiger partial charge < -0.3 is 14.2 Å². The molecule has 1 aliphatic heterocycles. The normalized spacial score (nSPS) is 19.7. The van der Waals surface area contributed by atoms with Crippen LogP contribution >= 0.6 is 0 Å². The van der Waals surface area contributed by atoms with Gasteiger partial charge in [-0.2, -0.15) is 4.98 Å². The first-order valence-corrected chi connectivity index (χ1v) is 6.83. The third-order valence-electron chi connectivity index (χ3n) is 3.35. The number of hydrogen-bond acceptors (Lipinski definition) is 5. The Morgan fingerprint density at radius 3 is 3.16 bits per heavy atom. The molecule has 0 aliphatic carbocycles. The molecule has 0 bridgehead atoms. The highest BCUT2D eigenvalue weighted by Gasteiger charge is 2.27. The van der Waals surface area contributed by atoms with Crippen LogP contribution in [0.5, 0.6) is 0 Å². The number of hydrogen-bond donors (Lipinski definition) is 0. The summed E-state index contributed by atoms with van der Waals surface area (Å²) in [6.45, 7) is 3.90. The van der Waals surface area contributed by atoms with E-state index in [0.29, 0.717) is 31.3 Å². The molecule has 1 aromatic heterocycles. The zero-order chi connectivity index (χ0) is 13.7. The molecule has 106 valence electrons. The molecule has 0 aromatic carbocycles. The summed E-state index contributed by atoms with van der Waals surface area (Å²) in [6, 6.07) is 0. The van der Waals surface area contributed by atoms with Crippen molar-refractivity contribution in [1.82, 2.24) is 15.0 Å². The van der Waals surface area contributed by atoms with Crippen molar-refractivity contribution in [3.63, 3.8) is 0 Å². The second-order valence-corrected chi connectivity index (χ2v) is 4.91. The fourth-order valence-electron chi connectivity index (χ4n) is 2.40. The number of piperidine rings is 1. The minimum absolute atomic E-state index is 0.184. The number of ether oxygens (including phenoxy) is 1. The Bertz CT molecular complexity index is 419. The van der Waals surface area contributed by atoms with Gasteiger partial charge in [-0.25, -0.2) is 0 Å². The Balaban J connectivity index is 1.97. The smallest absolute Gasteiger partial charge is 0.252 e. The van der Waals surface area contributed by atoms with Crippen LogP contribution in [0.25, 0.3) is 0 Å². The molecular formula is C13H21N3O3. The van der Waals surface area contributed by atoms with E-state index in [4.69, 9.17) is 9.26 Å². The molecule has 1 aromatic rings. The van der Waals surface area contributed by atoms with Gasteiger partial charge in [0.1, 0.15) is 6.61 Å². The second-order valence-electron chi connectivity index (χ2n) is 4.91. The maximum absolute atomic E-state index is 11.9. The molecule has 1 amide bonds. The Labute approximate surface area is 113 Å². The van der Waals surface area contributed by atoms with Crippen LogP contribution in [-0.4, -0.2) is 41.1 Å². The Kier molecular flexibility index (Phi) is 4.90. The molecule has 1 fully saturated rings. The van der Waals surface area contributed by atoms with Crippen molar-refractivity contribution in [2.24, 2.45) is 0 Å². The van der Waals surface area contributed by atoms with E-state index in [9.17, 15) is 4.79 Å². The number of amides is 1. The molecule has 1 aliphatic rings. The predicted octanol–water partition coefficient (Wildman–Crippen LogP) is 1.72. The molecule has 2 heterocycles. The standard InChI is InChI=1S/C13H21N3O3/c1-3-5-12(17)16-7-4-6-10(8-16)13-14-11(9-18-2)19-15-13/h10H,3-9H2,1-2H3. The summed E-state index contributed by atoms with van der Waals surface area (Å²) < 4.78 is 10.1. The van der Waals surface area contributed by atoms with Crippen LogP contribution in [0.15, 0.2) is 4.52 Å². The van der Waals surface area contributed by atoms with Crippen molar-refractivity contribution in [2.45, 2.75) is 45.1 Å². The van der Waals surface area contributed by atoms with Crippen molar-refractivity contribution in [1.29, 1.82) is 0 Å². The SMILES string of the molecule is CCCC(=O)N1CCCC(c2noc(COC)n2)C1. The van der Waals surface area contributed by atoms with Crippen LogP contribution in [0, 0.1) is 0 Å². The van der Waals surface area contributed by atoms with Crippen molar-refractivity contribution >= 4 is 5.91 Å². The van der Waals surface area contributed by atoms with Crippen LogP contribution in [0.3, 0.4) is 0 Å². The molecule has 2 rings (SSSR count). The number of carbonyl (C=O) groups is 1. The third-order valence-corrected chi connectivity index (χ3v) is 3.35. The average Bonchev–Trinajstić information content (AvgIpc) is 2.88. The lowest BCUT2D eigenvalue weighted by Crippen LogP contribution is -2.39. The molecule has 1 saturated heterocycles. The van der Waals surface area contributed by atoms with E-state index < -0.39 is 0 Å². The van der Waals surface area contributed by atoms with Gasteiger partial charge in [0.05, 0.1) is 0 Å². The summed E-state index contributed by atoms with van der Waals surface area (Å²) in [7, 11) is 1.59. The molecule has 0 saturated carbocycles. The van der Waals surface area contributed by atoms with Gasteiger partial charge in [0.2, 0.25) is 5.91 Å². The molecule has 0 radical (unpaired) electrons. The zero-order valence-electron chi connectivity index (χ0n) is 11.6. The number of carbonyl (C=O) groups excluding carboxylic acids is 1. The van der Waals surface area contributed by atoms with Crippen molar-refractivity contribution in [3.8, 4) is 0 Å². The van der Waals surface area contributed by atoms with Crippen LogP contribution in [0.2, 0.25) is 0 Å². The summed E-state index contributed by atoms with van der Waals surface area (Å²) >= 11 is 0. The van der Waals surface area contributed by atoms with Crippen molar-refractivity contribution in [2.75, 3.05) is 20.2 Å². The summed E-state index contributed by atoms with van der Waals surface area (Å²) in [5.41, 5.74) is 0. The maximum atomic E-state index is 11.9. The Hall–Kier alpha value is -1.43. The van der Waals surface area contributed by atoms with E-state index >= 15 is 0 Å². The Morgan fingerprint density at radius 2 is 2.42 bits per heavy atom. The summed E-state index contributed by atoms with van der Waals surface area (Å²) in [4.78, 5) is 18.2. The number of likely N-dealkylation sites (tertiary alicyclic amines) is 1. The van der Waals surface area contributed by atoms with Gasteiger partial charge >= 0.3 is 0 Å². The van der Waals surface area contributed by atoms with Crippen molar-refractivity contribution < 1.29 is 14.1 Å². The molecule has 1 unspecified atom stereocenters. The molecule has 19 heavy (non-hydrogen) atoms.